The number of aliphatic hydroxyl groups is 4. The van der Waals surface area contributed by atoms with Gasteiger partial charge in [-0.25, -0.2) is 0 Å². The molecular weight excluding hydrogens is 545 g/mol. The lowest BCUT2D eigenvalue weighted by Crippen LogP contribution is -2.44. The van der Waals surface area contributed by atoms with Crippen LogP contribution in [0.3, 0.4) is 0 Å². The zero-order valence-electron chi connectivity index (χ0n) is 23.1. The number of halogens is 2. The van der Waals surface area contributed by atoms with Gasteiger partial charge in [-0.3, -0.25) is 14.6 Å². The molecule has 220 valence electrons. The highest BCUT2D eigenvalue weighted by atomic mass is 35.5. The fourth-order valence-electron chi connectivity index (χ4n) is 4.00. The third-order valence-electron chi connectivity index (χ3n) is 5.40. The van der Waals surface area contributed by atoms with Gasteiger partial charge in [0.2, 0.25) is 0 Å². The molecule has 2 aromatic rings. The minimum Gasteiger partial charge on any atom is -0.481 e. The lowest BCUT2D eigenvalue weighted by atomic mass is 10.1. The summed E-state index contributed by atoms with van der Waals surface area (Å²) in [5.74, 6) is -0.889. The number of nitrogens with zero attached hydrogens (tertiary/aromatic N) is 2. The summed E-state index contributed by atoms with van der Waals surface area (Å²) in [7, 11) is 0. The van der Waals surface area contributed by atoms with E-state index in [4.69, 9.17) is 28.3 Å². The molecule has 4 atom stereocenters. The maximum absolute atomic E-state index is 10.8. The number of nitrogens with one attached hydrogen (secondary N) is 1. The summed E-state index contributed by atoms with van der Waals surface area (Å²) in [6.07, 6.45) is -1.86. The van der Waals surface area contributed by atoms with E-state index in [1.165, 1.54) is 0 Å². The summed E-state index contributed by atoms with van der Waals surface area (Å²) in [5, 5.41) is 50.8. The minimum atomic E-state index is -0.889. The topological polar surface area (TPSA) is 137 Å². The molecule has 9 nitrogen and oxygen atoms in total. The van der Waals surface area contributed by atoms with Crippen LogP contribution in [0.2, 0.25) is 10.0 Å². The fourth-order valence-corrected chi connectivity index (χ4v) is 4.49. The van der Waals surface area contributed by atoms with Crippen molar-refractivity contribution >= 4 is 40.5 Å². The second-order valence-corrected chi connectivity index (χ2v) is 10.7. The molecule has 0 aliphatic carbocycles. The van der Waals surface area contributed by atoms with E-state index in [9.17, 15) is 25.2 Å². The quantitative estimate of drug-likeness (QED) is 0.185. The van der Waals surface area contributed by atoms with Crippen LogP contribution >= 0.6 is 23.2 Å². The first-order valence-electron chi connectivity index (χ1n) is 13.0. The number of hydrogen-bond acceptors (Lipinski definition) is 8. The van der Waals surface area contributed by atoms with E-state index in [2.05, 4.69) is 5.32 Å². The maximum Gasteiger partial charge on any atom is 0.307 e. The number of carboxylic acid groups (broad SMARTS) is 1. The number of benzene rings is 2. The van der Waals surface area contributed by atoms with Crippen molar-refractivity contribution in [3.8, 4) is 0 Å². The molecule has 11 heteroatoms. The van der Waals surface area contributed by atoms with Crippen LogP contribution in [-0.4, -0.2) is 105 Å². The average Bonchev–Trinajstić information content (AvgIpc) is 2.79. The lowest BCUT2D eigenvalue weighted by Gasteiger charge is -2.30. The number of hydrogen-bond donors (Lipinski definition) is 6. The summed E-state index contributed by atoms with van der Waals surface area (Å²) in [6, 6.07) is 12.3. The summed E-state index contributed by atoms with van der Waals surface area (Å²) >= 11 is 12.1. The van der Waals surface area contributed by atoms with Crippen LogP contribution < -0.4 is 5.32 Å². The van der Waals surface area contributed by atoms with Crippen LogP contribution in [0.1, 0.15) is 33.3 Å². The average molecular weight is 589 g/mol. The Balaban J connectivity index is 0.000000390. The van der Waals surface area contributed by atoms with Crippen LogP contribution in [0.5, 0.6) is 0 Å². The third-order valence-corrected chi connectivity index (χ3v) is 6.03. The van der Waals surface area contributed by atoms with Gasteiger partial charge in [0.15, 0.2) is 0 Å². The second kappa shape index (κ2) is 18.4. The number of anilines is 2. The largest absolute Gasteiger partial charge is 0.481 e. The van der Waals surface area contributed by atoms with Gasteiger partial charge in [0.05, 0.1) is 46.6 Å². The van der Waals surface area contributed by atoms with E-state index in [1.807, 2.05) is 15.9 Å². The van der Waals surface area contributed by atoms with Crippen molar-refractivity contribution in [3.05, 3.63) is 58.1 Å². The van der Waals surface area contributed by atoms with Crippen LogP contribution in [0, 0.1) is 0 Å². The molecule has 0 aliphatic rings. The fraction of sp³-hybridized carbons (Fsp3) is 0.536. The highest BCUT2D eigenvalue weighted by Gasteiger charge is 2.16. The monoisotopic (exact) mass is 587 g/mol. The van der Waals surface area contributed by atoms with Gasteiger partial charge in [-0.2, -0.15) is 0 Å². The number of para-hydroxylation sites is 2. The van der Waals surface area contributed by atoms with Crippen molar-refractivity contribution < 1.29 is 30.3 Å². The second-order valence-electron chi connectivity index (χ2n) is 9.86. The van der Waals surface area contributed by atoms with Gasteiger partial charge in [-0.15, -0.1) is 0 Å². The summed E-state index contributed by atoms with van der Waals surface area (Å²) in [4.78, 5) is 14.8. The molecule has 0 aliphatic heterocycles. The van der Waals surface area contributed by atoms with Crippen molar-refractivity contribution in [2.75, 3.05) is 44.6 Å². The van der Waals surface area contributed by atoms with E-state index >= 15 is 0 Å². The van der Waals surface area contributed by atoms with Gasteiger partial charge in [0.25, 0.3) is 0 Å². The van der Waals surface area contributed by atoms with Gasteiger partial charge in [0, 0.05) is 45.0 Å². The lowest BCUT2D eigenvalue weighted by molar-refractivity contribution is -0.136. The van der Waals surface area contributed by atoms with Gasteiger partial charge in [0.1, 0.15) is 0 Å². The SMILES string of the molecule is CC(O)CN(CCN(CC(C)O)CC(C)O)CC(C)O.O=C(O)Cc1ccccc1Nc1c(Cl)cccc1Cl. The standard InChI is InChI=1S/C14H11Cl2NO2.C14H32N2O4/c15-10-5-3-6-11(16)14(10)17-12-7-2-1-4-9(12)8-13(18)19;1-11(17)7-15(8-12(2)18)5-6-16(9-13(3)19)10-14(4)20/h1-7,17H,8H2,(H,18,19);11-14,17-20H,5-10H2,1-4H3. The predicted molar refractivity (Wildman–Crippen MR) is 157 cm³/mol. The van der Waals surface area contributed by atoms with E-state index in [1.54, 1.807) is 64.1 Å². The molecule has 0 radical (unpaired) electrons. The van der Waals surface area contributed by atoms with Crippen LogP contribution in [-0.2, 0) is 11.2 Å². The summed E-state index contributed by atoms with van der Waals surface area (Å²) in [6.45, 7) is 10.2. The van der Waals surface area contributed by atoms with E-state index < -0.39 is 30.4 Å². The zero-order chi connectivity index (χ0) is 29.5. The van der Waals surface area contributed by atoms with Gasteiger partial charge < -0.3 is 30.8 Å². The molecule has 0 saturated carbocycles. The third kappa shape index (κ3) is 15.4. The molecule has 6 N–H and O–H groups in total. The van der Waals surface area contributed by atoms with Crippen molar-refractivity contribution in [3.63, 3.8) is 0 Å². The smallest absolute Gasteiger partial charge is 0.307 e. The molecule has 0 bridgehead atoms. The van der Waals surface area contributed by atoms with Crippen LogP contribution in [0.25, 0.3) is 0 Å². The molecule has 0 fully saturated rings. The summed E-state index contributed by atoms with van der Waals surface area (Å²) in [5.41, 5.74) is 1.93. The van der Waals surface area contributed by atoms with Crippen molar-refractivity contribution in [1.82, 2.24) is 9.80 Å². The van der Waals surface area contributed by atoms with Gasteiger partial charge in [-0.1, -0.05) is 47.5 Å². The molecule has 0 heterocycles. The Labute approximate surface area is 241 Å². The van der Waals surface area contributed by atoms with Crippen molar-refractivity contribution in [2.45, 2.75) is 58.5 Å². The normalized spacial score (nSPS) is 14.4. The van der Waals surface area contributed by atoms with Gasteiger partial charge in [-0.05, 0) is 51.5 Å². The van der Waals surface area contributed by atoms with Crippen LogP contribution in [0.15, 0.2) is 42.5 Å². The molecule has 2 aromatic carbocycles. The Kier molecular flexibility index (Phi) is 16.6. The Morgan fingerprint density at radius 3 is 1.54 bits per heavy atom. The number of carbonyl (C=O) groups is 1. The molecular formula is C28H43Cl2N3O6. The number of carboxylic acids is 1. The molecule has 2 rings (SSSR count). The summed E-state index contributed by atoms with van der Waals surface area (Å²) < 4.78 is 0. The molecule has 0 spiro atoms. The highest BCUT2D eigenvalue weighted by molar-refractivity contribution is 6.39. The van der Waals surface area contributed by atoms with E-state index in [-0.39, 0.29) is 6.42 Å². The molecule has 0 amide bonds. The Bertz CT molecular complexity index is 927. The van der Waals surface area contributed by atoms with E-state index in [0.717, 1.165) is 0 Å². The number of aliphatic carboxylic acids is 1. The first kappa shape index (κ1) is 35.1. The molecule has 0 saturated heterocycles. The minimum absolute atomic E-state index is 0.0642. The molecule has 0 aromatic heterocycles. The van der Waals surface area contributed by atoms with Crippen LogP contribution in [0.4, 0.5) is 11.4 Å². The first-order chi connectivity index (χ1) is 18.3. The first-order valence-corrected chi connectivity index (χ1v) is 13.7. The Hall–Kier alpha value is -1.95. The number of rotatable bonds is 15. The predicted octanol–water partition coefficient (Wildman–Crippen LogP) is 3.48. The maximum atomic E-state index is 10.8. The Morgan fingerprint density at radius 2 is 1.15 bits per heavy atom. The zero-order valence-corrected chi connectivity index (χ0v) is 24.6. The van der Waals surface area contributed by atoms with E-state index in [0.29, 0.717) is 66.3 Å². The molecule has 4 unspecified atom stereocenters. The van der Waals surface area contributed by atoms with Gasteiger partial charge >= 0.3 is 5.97 Å². The van der Waals surface area contributed by atoms with Crippen molar-refractivity contribution in [2.24, 2.45) is 0 Å². The highest BCUT2D eigenvalue weighted by Crippen LogP contribution is 2.33. The number of aliphatic hydroxyl groups excluding tert-OH is 4. The Morgan fingerprint density at radius 1 is 0.744 bits per heavy atom. The molecule has 39 heavy (non-hydrogen) atoms. The van der Waals surface area contributed by atoms with Crippen molar-refractivity contribution in [1.29, 1.82) is 0 Å².